The van der Waals surface area contributed by atoms with Gasteiger partial charge in [-0.2, -0.15) is 5.26 Å². The van der Waals surface area contributed by atoms with Crippen molar-refractivity contribution < 1.29 is 4.98 Å². The minimum Gasteiger partial charge on any atom is -0.286 e. The predicted octanol–water partition coefficient (Wildman–Crippen LogP) is 3.26. The SMILES string of the molecule is N#Cc1c(-c2cccc(Br)c2)cc(C2CC2)[nH+]c1N. The first-order valence-corrected chi connectivity index (χ1v) is 7.00. The highest BCUT2D eigenvalue weighted by Gasteiger charge is 2.29. The van der Waals surface area contributed by atoms with Gasteiger partial charge < -0.3 is 0 Å². The Hall–Kier alpha value is -1.86. The van der Waals surface area contributed by atoms with Crippen LogP contribution in [0.3, 0.4) is 0 Å². The van der Waals surface area contributed by atoms with Crippen molar-refractivity contribution in [3.63, 3.8) is 0 Å². The Bertz CT molecular complexity index is 684. The maximum atomic E-state index is 9.31. The summed E-state index contributed by atoms with van der Waals surface area (Å²) >= 11 is 3.46. The number of pyridine rings is 1. The van der Waals surface area contributed by atoms with Crippen molar-refractivity contribution in [2.75, 3.05) is 5.73 Å². The lowest BCUT2D eigenvalue weighted by atomic mass is 9.99. The van der Waals surface area contributed by atoms with Crippen molar-refractivity contribution in [2.24, 2.45) is 0 Å². The number of aromatic nitrogens is 1. The minimum atomic E-state index is 0.460. The maximum Gasteiger partial charge on any atom is 0.289 e. The monoisotopic (exact) mass is 314 g/mol. The van der Waals surface area contributed by atoms with E-state index < -0.39 is 0 Å². The van der Waals surface area contributed by atoms with Gasteiger partial charge in [0, 0.05) is 16.0 Å². The molecule has 19 heavy (non-hydrogen) atoms. The van der Waals surface area contributed by atoms with Gasteiger partial charge in [-0.05, 0) is 36.6 Å². The molecule has 0 radical (unpaired) electrons. The van der Waals surface area contributed by atoms with E-state index in [-0.39, 0.29) is 0 Å². The molecule has 1 aliphatic carbocycles. The Morgan fingerprint density at radius 1 is 1.32 bits per heavy atom. The maximum absolute atomic E-state index is 9.31. The molecule has 3 nitrogen and oxygen atoms in total. The summed E-state index contributed by atoms with van der Waals surface area (Å²) in [6, 6.07) is 12.2. The molecule has 1 aromatic carbocycles. The van der Waals surface area contributed by atoms with Crippen LogP contribution in [0.25, 0.3) is 11.1 Å². The average Bonchev–Trinajstić information content (AvgIpc) is 3.22. The minimum absolute atomic E-state index is 0.460. The van der Waals surface area contributed by atoms with Gasteiger partial charge in [-0.15, -0.1) is 0 Å². The molecule has 4 heteroatoms. The summed E-state index contributed by atoms with van der Waals surface area (Å²) in [7, 11) is 0. The number of anilines is 1. The second-order valence-corrected chi connectivity index (χ2v) is 5.74. The number of nitrogens with zero attached hydrogens (tertiary/aromatic N) is 1. The van der Waals surface area contributed by atoms with E-state index in [0.717, 1.165) is 21.3 Å². The first-order valence-electron chi connectivity index (χ1n) is 6.21. The van der Waals surface area contributed by atoms with Crippen molar-refractivity contribution in [3.8, 4) is 17.2 Å². The van der Waals surface area contributed by atoms with Gasteiger partial charge in [0.25, 0.3) is 5.82 Å². The molecule has 0 unspecified atom stereocenters. The molecule has 0 atom stereocenters. The van der Waals surface area contributed by atoms with Crippen molar-refractivity contribution in [2.45, 2.75) is 18.8 Å². The first kappa shape index (κ1) is 12.2. The fraction of sp³-hybridized carbons (Fsp3) is 0.200. The number of benzene rings is 1. The number of hydrogen-bond donors (Lipinski definition) is 1. The third-order valence-corrected chi connectivity index (χ3v) is 3.88. The van der Waals surface area contributed by atoms with E-state index in [0.29, 0.717) is 17.3 Å². The fourth-order valence-corrected chi connectivity index (χ4v) is 2.64. The van der Waals surface area contributed by atoms with Gasteiger partial charge in [0.2, 0.25) is 0 Å². The zero-order valence-corrected chi connectivity index (χ0v) is 11.9. The quantitative estimate of drug-likeness (QED) is 0.924. The van der Waals surface area contributed by atoms with E-state index in [1.165, 1.54) is 12.8 Å². The summed E-state index contributed by atoms with van der Waals surface area (Å²) in [5.41, 5.74) is 9.54. The van der Waals surface area contributed by atoms with Gasteiger partial charge in [0.15, 0.2) is 0 Å². The smallest absolute Gasteiger partial charge is 0.286 e. The van der Waals surface area contributed by atoms with Crippen molar-refractivity contribution in [3.05, 3.63) is 46.1 Å². The number of hydrogen-bond acceptors (Lipinski definition) is 2. The van der Waals surface area contributed by atoms with Crippen LogP contribution >= 0.6 is 15.9 Å². The molecule has 3 N–H and O–H groups in total. The summed E-state index contributed by atoms with van der Waals surface area (Å²) in [5, 5.41) is 9.31. The third kappa shape index (κ3) is 2.34. The molecule has 2 aromatic rings. The largest absolute Gasteiger partial charge is 0.289 e. The van der Waals surface area contributed by atoms with E-state index in [1.807, 2.05) is 24.3 Å². The lowest BCUT2D eigenvalue weighted by Crippen LogP contribution is -2.18. The third-order valence-electron chi connectivity index (χ3n) is 3.38. The average molecular weight is 315 g/mol. The lowest BCUT2D eigenvalue weighted by molar-refractivity contribution is -0.373. The van der Waals surface area contributed by atoms with E-state index in [2.05, 4.69) is 33.0 Å². The fourth-order valence-electron chi connectivity index (χ4n) is 2.25. The predicted molar refractivity (Wildman–Crippen MR) is 77.2 cm³/mol. The first-order chi connectivity index (χ1) is 9.19. The Morgan fingerprint density at radius 3 is 2.74 bits per heavy atom. The van der Waals surface area contributed by atoms with Crippen LogP contribution in [0.2, 0.25) is 0 Å². The van der Waals surface area contributed by atoms with Gasteiger partial charge in [-0.25, -0.2) is 4.98 Å². The molecule has 0 amide bonds. The van der Waals surface area contributed by atoms with Crippen LogP contribution in [0.5, 0.6) is 0 Å². The summed E-state index contributed by atoms with van der Waals surface area (Å²) in [6.45, 7) is 0. The highest BCUT2D eigenvalue weighted by Crippen LogP contribution is 2.40. The second kappa shape index (κ2) is 4.67. The van der Waals surface area contributed by atoms with E-state index in [9.17, 15) is 5.26 Å². The lowest BCUT2D eigenvalue weighted by Gasteiger charge is -2.07. The van der Waals surface area contributed by atoms with Crippen LogP contribution in [0.15, 0.2) is 34.8 Å². The van der Waals surface area contributed by atoms with Crippen LogP contribution in [0.4, 0.5) is 5.82 Å². The molecular formula is C15H13BrN3+. The van der Waals surface area contributed by atoms with Crippen molar-refractivity contribution in [1.82, 2.24) is 0 Å². The van der Waals surface area contributed by atoms with Crippen molar-refractivity contribution >= 4 is 21.7 Å². The molecule has 1 aromatic heterocycles. The molecule has 94 valence electrons. The van der Waals surface area contributed by atoms with Gasteiger partial charge in [0.05, 0.1) is 0 Å². The molecule has 1 aliphatic rings. The van der Waals surface area contributed by atoms with Crippen LogP contribution in [-0.4, -0.2) is 0 Å². The molecular weight excluding hydrogens is 302 g/mol. The topological polar surface area (TPSA) is 64.0 Å². The molecule has 3 rings (SSSR count). The highest BCUT2D eigenvalue weighted by atomic mass is 79.9. The number of nitrogen functional groups attached to an aromatic ring is 1. The molecule has 0 bridgehead atoms. The number of rotatable bonds is 2. The van der Waals surface area contributed by atoms with E-state index in [1.54, 1.807) is 0 Å². The Morgan fingerprint density at radius 2 is 2.11 bits per heavy atom. The van der Waals surface area contributed by atoms with Crippen LogP contribution in [-0.2, 0) is 0 Å². The molecule has 1 heterocycles. The summed E-state index contributed by atoms with van der Waals surface area (Å²) in [6.07, 6.45) is 2.39. The van der Waals surface area contributed by atoms with Crippen LogP contribution in [0.1, 0.15) is 30.0 Å². The Kier molecular flexibility index (Phi) is 3.00. The van der Waals surface area contributed by atoms with Gasteiger partial charge in [-0.3, -0.25) is 5.73 Å². The number of nitriles is 1. The van der Waals surface area contributed by atoms with E-state index in [4.69, 9.17) is 5.73 Å². The number of aromatic amines is 1. The van der Waals surface area contributed by atoms with Gasteiger partial charge in [-0.1, -0.05) is 28.1 Å². The number of nitrogens with one attached hydrogen (secondary N) is 1. The summed E-state index contributed by atoms with van der Waals surface area (Å²) in [5.74, 6) is 1.03. The second-order valence-electron chi connectivity index (χ2n) is 4.82. The number of halogens is 1. The zero-order valence-electron chi connectivity index (χ0n) is 10.3. The standard InChI is InChI=1S/C15H12BrN3/c16-11-3-1-2-10(6-11)12-7-14(9-4-5-9)19-15(18)13(12)8-17/h1-3,6-7,9H,4-5H2,(H2,18,19)/p+1. The zero-order chi connectivity index (χ0) is 13.4. The molecule has 1 fully saturated rings. The van der Waals surface area contributed by atoms with Crippen molar-refractivity contribution in [1.29, 1.82) is 5.26 Å². The highest BCUT2D eigenvalue weighted by molar-refractivity contribution is 9.10. The summed E-state index contributed by atoms with van der Waals surface area (Å²) in [4.78, 5) is 3.16. The van der Waals surface area contributed by atoms with Gasteiger partial charge >= 0.3 is 0 Å². The van der Waals surface area contributed by atoms with Crippen LogP contribution in [0, 0.1) is 11.3 Å². The number of H-pyrrole nitrogens is 1. The Balaban J connectivity index is 2.20. The Labute approximate surface area is 120 Å². The molecule has 0 aliphatic heterocycles. The molecule has 0 saturated heterocycles. The summed E-state index contributed by atoms with van der Waals surface area (Å²) < 4.78 is 0.994. The molecule has 0 spiro atoms. The molecule has 1 saturated carbocycles. The van der Waals surface area contributed by atoms with Gasteiger partial charge in [0.1, 0.15) is 17.3 Å². The number of nitrogens with two attached hydrogens (primary N) is 1. The normalized spacial score (nSPS) is 14.1. The van der Waals surface area contributed by atoms with E-state index >= 15 is 0 Å². The van der Waals surface area contributed by atoms with Crippen LogP contribution < -0.4 is 10.7 Å².